The molecule has 138 valence electrons. The molecule has 0 radical (unpaired) electrons. The topological polar surface area (TPSA) is 77.1 Å². The number of carbonyl (C=O) groups excluding carboxylic acids is 1. The van der Waals surface area contributed by atoms with Crippen molar-refractivity contribution in [1.29, 1.82) is 5.26 Å². The first kappa shape index (κ1) is 19.5. The Kier molecular flexibility index (Phi) is 6.40. The molecule has 6 heteroatoms. The highest BCUT2D eigenvalue weighted by Crippen LogP contribution is 2.32. The zero-order valence-corrected chi connectivity index (χ0v) is 16.0. The largest absolute Gasteiger partial charge is 0.465 e. The number of aryl methyl sites for hydroxylation is 3. The summed E-state index contributed by atoms with van der Waals surface area (Å²) in [6.45, 7) is 9.98. The van der Waals surface area contributed by atoms with Crippen LogP contribution < -0.4 is 4.74 Å². The maximum absolute atomic E-state index is 11.9. The second kappa shape index (κ2) is 8.52. The third-order valence-electron chi connectivity index (χ3n) is 4.17. The second-order valence-electron chi connectivity index (χ2n) is 6.04. The van der Waals surface area contributed by atoms with Gasteiger partial charge in [-0.05, 0) is 56.9 Å². The zero-order valence-electron chi connectivity index (χ0n) is 16.0. The number of nitriles is 1. The molecule has 0 unspecified atom stereocenters. The van der Waals surface area contributed by atoms with Crippen LogP contribution in [-0.4, -0.2) is 22.4 Å². The van der Waals surface area contributed by atoms with Crippen molar-refractivity contribution in [3.8, 4) is 17.6 Å². The Bertz CT molecular complexity index is 824. The molecule has 0 aliphatic carbocycles. The molecule has 0 N–H and O–H groups in total. The van der Waals surface area contributed by atoms with Gasteiger partial charge in [-0.1, -0.05) is 13.8 Å². The Hall–Kier alpha value is -2.81. The van der Waals surface area contributed by atoms with Gasteiger partial charge in [-0.2, -0.15) is 10.4 Å². The molecule has 6 nitrogen and oxygen atoms in total. The van der Waals surface area contributed by atoms with Crippen LogP contribution in [0.1, 0.15) is 48.8 Å². The van der Waals surface area contributed by atoms with Crippen molar-refractivity contribution in [3.63, 3.8) is 0 Å². The summed E-state index contributed by atoms with van der Waals surface area (Å²) in [5, 5.41) is 13.8. The van der Waals surface area contributed by atoms with Crippen molar-refractivity contribution in [2.24, 2.45) is 0 Å². The normalized spacial score (nSPS) is 10.5. The number of carbonyl (C=O) groups is 1. The fourth-order valence-corrected chi connectivity index (χ4v) is 2.96. The number of benzene rings is 1. The van der Waals surface area contributed by atoms with Crippen molar-refractivity contribution >= 4 is 5.97 Å². The van der Waals surface area contributed by atoms with Gasteiger partial charge in [0.15, 0.2) is 5.75 Å². The van der Waals surface area contributed by atoms with E-state index < -0.39 is 0 Å². The summed E-state index contributed by atoms with van der Waals surface area (Å²) in [4.78, 5) is 11.9. The summed E-state index contributed by atoms with van der Waals surface area (Å²) >= 11 is 0. The Morgan fingerprint density at radius 1 is 1.19 bits per heavy atom. The van der Waals surface area contributed by atoms with E-state index >= 15 is 0 Å². The van der Waals surface area contributed by atoms with E-state index in [0.717, 1.165) is 22.5 Å². The van der Waals surface area contributed by atoms with E-state index in [-0.39, 0.29) is 12.5 Å². The average Bonchev–Trinajstić information content (AvgIpc) is 2.91. The Balaban J connectivity index is 2.41. The van der Waals surface area contributed by atoms with Crippen molar-refractivity contribution in [1.82, 2.24) is 9.78 Å². The van der Waals surface area contributed by atoms with Gasteiger partial charge in [-0.25, -0.2) is 0 Å². The van der Waals surface area contributed by atoms with Crippen LogP contribution in [0.5, 0.6) is 11.5 Å². The third kappa shape index (κ3) is 4.05. The van der Waals surface area contributed by atoms with Crippen LogP contribution >= 0.6 is 0 Å². The van der Waals surface area contributed by atoms with Crippen LogP contribution in [0.15, 0.2) is 12.1 Å². The lowest BCUT2D eigenvalue weighted by molar-refractivity contribution is -0.144. The van der Waals surface area contributed by atoms with E-state index in [0.29, 0.717) is 36.5 Å². The second-order valence-corrected chi connectivity index (χ2v) is 6.04. The van der Waals surface area contributed by atoms with E-state index in [4.69, 9.17) is 9.47 Å². The van der Waals surface area contributed by atoms with Crippen molar-refractivity contribution in [2.45, 2.75) is 54.0 Å². The minimum Gasteiger partial charge on any atom is -0.465 e. The van der Waals surface area contributed by atoms with E-state index in [1.807, 2.05) is 39.8 Å². The van der Waals surface area contributed by atoms with Gasteiger partial charge in [0.25, 0.3) is 0 Å². The van der Waals surface area contributed by atoms with Crippen molar-refractivity contribution in [2.75, 3.05) is 6.61 Å². The number of nitrogens with zero attached hydrogens (tertiary/aromatic N) is 3. The maximum Gasteiger partial charge on any atom is 0.327 e. The molecule has 0 aliphatic rings. The SMILES string of the molecule is CCOC(=O)Cn1nc(CC)c(Oc2cc(C)c(C#N)c(C)c2)c1CC. The first-order valence-corrected chi connectivity index (χ1v) is 8.88. The molecule has 1 heterocycles. The smallest absolute Gasteiger partial charge is 0.327 e. The molecule has 0 amide bonds. The van der Waals surface area contributed by atoms with Gasteiger partial charge >= 0.3 is 5.97 Å². The molecule has 1 aromatic heterocycles. The van der Waals surface area contributed by atoms with E-state index in [1.54, 1.807) is 11.6 Å². The lowest BCUT2D eigenvalue weighted by atomic mass is 10.0. The highest BCUT2D eigenvalue weighted by atomic mass is 16.5. The highest BCUT2D eigenvalue weighted by molar-refractivity contribution is 5.69. The number of hydrogen-bond donors (Lipinski definition) is 0. The summed E-state index contributed by atoms with van der Waals surface area (Å²) < 4.78 is 12.9. The molecule has 0 bridgehead atoms. The quantitative estimate of drug-likeness (QED) is 0.705. The number of aromatic nitrogens is 2. The number of hydrogen-bond acceptors (Lipinski definition) is 5. The van der Waals surface area contributed by atoms with Crippen LogP contribution in [0.3, 0.4) is 0 Å². The lowest BCUT2D eigenvalue weighted by Gasteiger charge is -2.11. The molecule has 0 saturated carbocycles. The number of rotatable bonds is 7. The minimum absolute atomic E-state index is 0.0683. The van der Waals surface area contributed by atoms with Gasteiger partial charge in [-0.15, -0.1) is 0 Å². The average molecular weight is 355 g/mol. The maximum atomic E-state index is 11.9. The fraction of sp³-hybridized carbons (Fsp3) is 0.450. The zero-order chi connectivity index (χ0) is 19.3. The molecule has 0 saturated heterocycles. The van der Waals surface area contributed by atoms with Gasteiger partial charge in [-0.3, -0.25) is 9.48 Å². The van der Waals surface area contributed by atoms with E-state index in [1.165, 1.54) is 0 Å². The van der Waals surface area contributed by atoms with Gasteiger partial charge in [0, 0.05) is 0 Å². The van der Waals surface area contributed by atoms with Crippen molar-refractivity contribution in [3.05, 3.63) is 40.2 Å². The minimum atomic E-state index is -0.316. The summed E-state index contributed by atoms with van der Waals surface area (Å²) in [5.74, 6) is 1.03. The van der Waals surface area contributed by atoms with E-state index in [9.17, 15) is 10.1 Å². The lowest BCUT2D eigenvalue weighted by Crippen LogP contribution is -2.16. The Morgan fingerprint density at radius 3 is 2.35 bits per heavy atom. The molecule has 0 aliphatic heterocycles. The van der Waals surface area contributed by atoms with Crippen molar-refractivity contribution < 1.29 is 14.3 Å². The van der Waals surface area contributed by atoms with Gasteiger partial charge < -0.3 is 9.47 Å². The number of esters is 1. The molecule has 26 heavy (non-hydrogen) atoms. The van der Waals surface area contributed by atoms with Crippen LogP contribution in [0.25, 0.3) is 0 Å². The van der Waals surface area contributed by atoms with Crippen LogP contribution in [-0.2, 0) is 28.9 Å². The highest BCUT2D eigenvalue weighted by Gasteiger charge is 2.20. The number of ether oxygens (including phenoxy) is 2. The standard InChI is InChI=1S/C20H25N3O3/c1-6-17-20(18(7-2)23(22-17)12-19(24)25-8-3)26-15-9-13(4)16(11-21)14(5)10-15/h9-10H,6-8,12H2,1-5H3. The van der Waals surface area contributed by atoms with Gasteiger partial charge in [0.1, 0.15) is 18.0 Å². The first-order valence-electron chi connectivity index (χ1n) is 8.88. The van der Waals surface area contributed by atoms with Gasteiger partial charge in [0.05, 0.1) is 23.9 Å². The molecule has 0 atom stereocenters. The summed E-state index contributed by atoms with van der Waals surface area (Å²) in [5.41, 5.74) is 4.07. The molecule has 0 spiro atoms. The monoisotopic (exact) mass is 355 g/mol. The molecule has 1 aromatic carbocycles. The van der Waals surface area contributed by atoms with E-state index in [2.05, 4.69) is 11.2 Å². The van der Waals surface area contributed by atoms with Crippen LogP contribution in [0, 0.1) is 25.2 Å². The van der Waals surface area contributed by atoms with Crippen LogP contribution in [0.4, 0.5) is 0 Å². The third-order valence-corrected chi connectivity index (χ3v) is 4.17. The fourth-order valence-electron chi connectivity index (χ4n) is 2.96. The molecular formula is C20H25N3O3. The molecule has 2 rings (SSSR count). The first-order chi connectivity index (χ1) is 12.4. The molecular weight excluding hydrogens is 330 g/mol. The molecule has 2 aromatic rings. The molecule has 0 fully saturated rings. The Labute approximate surface area is 154 Å². The predicted octanol–water partition coefficient (Wildman–Crippen LogP) is 3.85. The van der Waals surface area contributed by atoms with Crippen LogP contribution in [0.2, 0.25) is 0 Å². The summed E-state index contributed by atoms with van der Waals surface area (Å²) in [6, 6.07) is 5.92. The summed E-state index contributed by atoms with van der Waals surface area (Å²) in [7, 11) is 0. The predicted molar refractivity (Wildman–Crippen MR) is 98.3 cm³/mol. The van der Waals surface area contributed by atoms with Gasteiger partial charge in [0.2, 0.25) is 0 Å². The Morgan fingerprint density at radius 2 is 1.85 bits per heavy atom. The summed E-state index contributed by atoms with van der Waals surface area (Å²) in [6.07, 6.45) is 1.36.